The largest absolute Gasteiger partial charge is 0.481 e. The number of alkyl halides is 3. The predicted octanol–water partition coefficient (Wildman–Crippen LogP) is 2.88. The number of aromatic amines is 1. The third-order valence-corrected chi connectivity index (χ3v) is 2.71. The molecule has 2 aromatic rings. The van der Waals surface area contributed by atoms with Crippen molar-refractivity contribution >= 4 is 23.5 Å². The summed E-state index contributed by atoms with van der Waals surface area (Å²) in [7, 11) is 0. The van der Waals surface area contributed by atoms with Crippen LogP contribution in [0, 0.1) is 0 Å². The maximum atomic E-state index is 12.3. The number of nitrogens with zero attached hydrogens (tertiary/aromatic N) is 2. The lowest BCUT2D eigenvalue weighted by Crippen LogP contribution is -2.30. The van der Waals surface area contributed by atoms with E-state index in [4.69, 9.17) is 16.3 Å². The summed E-state index contributed by atoms with van der Waals surface area (Å²) in [6.45, 7) is 1.43. The molecule has 0 fully saturated rings. The number of amides is 1. The van der Waals surface area contributed by atoms with Crippen LogP contribution in [0.5, 0.6) is 5.75 Å². The van der Waals surface area contributed by atoms with Gasteiger partial charge in [-0.1, -0.05) is 17.7 Å². The van der Waals surface area contributed by atoms with E-state index >= 15 is 0 Å². The molecule has 118 valence electrons. The van der Waals surface area contributed by atoms with Gasteiger partial charge in [0.1, 0.15) is 5.75 Å². The molecule has 0 aliphatic carbocycles. The minimum atomic E-state index is -4.67. The Morgan fingerprint density at radius 2 is 2.14 bits per heavy atom. The van der Waals surface area contributed by atoms with Crippen LogP contribution < -0.4 is 10.1 Å². The van der Waals surface area contributed by atoms with Crippen molar-refractivity contribution in [2.24, 2.45) is 0 Å². The number of carbonyl (C=O) groups is 1. The topological polar surface area (TPSA) is 79.9 Å². The average Bonchev–Trinajstić information content (AvgIpc) is 2.87. The molecule has 1 heterocycles. The smallest absolute Gasteiger partial charge is 0.451 e. The van der Waals surface area contributed by atoms with Crippen molar-refractivity contribution < 1.29 is 22.7 Å². The third kappa shape index (κ3) is 4.10. The number of benzene rings is 1. The normalized spacial score (nSPS) is 12.8. The van der Waals surface area contributed by atoms with E-state index in [1.54, 1.807) is 18.2 Å². The first-order valence-corrected chi connectivity index (χ1v) is 6.36. The van der Waals surface area contributed by atoms with Crippen LogP contribution in [-0.2, 0) is 11.0 Å². The summed E-state index contributed by atoms with van der Waals surface area (Å²) < 4.78 is 42.3. The molecule has 1 aromatic carbocycles. The van der Waals surface area contributed by atoms with Crippen molar-refractivity contribution in [1.82, 2.24) is 15.2 Å². The number of anilines is 1. The molecule has 22 heavy (non-hydrogen) atoms. The Balaban J connectivity index is 1.98. The van der Waals surface area contributed by atoms with Crippen LogP contribution in [0.4, 0.5) is 19.1 Å². The number of nitrogens with one attached hydrogen (secondary N) is 2. The third-order valence-electron chi connectivity index (χ3n) is 2.48. The lowest BCUT2D eigenvalue weighted by atomic mass is 10.3. The highest BCUT2D eigenvalue weighted by molar-refractivity contribution is 6.30. The number of carbonyl (C=O) groups excluding carboxylic acids is 1. The molecule has 1 atom stereocenters. The van der Waals surface area contributed by atoms with Crippen LogP contribution in [-0.4, -0.2) is 27.2 Å². The number of ether oxygens (including phenoxy) is 1. The summed E-state index contributed by atoms with van der Waals surface area (Å²) in [5.74, 6) is -2.06. The SMILES string of the molecule is CC(Oc1cccc(Cl)c1)C(=O)Nc1nnc(C(F)(F)F)[nH]1. The molecule has 1 unspecified atom stereocenters. The molecular weight excluding hydrogens is 325 g/mol. The minimum absolute atomic E-state index is 0.351. The first-order valence-electron chi connectivity index (χ1n) is 5.98. The van der Waals surface area contributed by atoms with Crippen molar-refractivity contribution in [3.63, 3.8) is 0 Å². The summed E-state index contributed by atoms with van der Waals surface area (Å²) in [5, 5.41) is 8.65. The number of hydrogen-bond acceptors (Lipinski definition) is 4. The number of rotatable bonds is 4. The average molecular weight is 335 g/mol. The first-order chi connectivity index (χ1) is 10.3. The van der Waals surface area contributed by atoms with Crippen molar-refractivity contribution in [1.29, 1.82) is 0 Å². The molecule has 1 amide bonds. The van der Waals surface area contributed by atoms with E-state index < -0.39 is 30.0 Å². The molecule has 0 saturated heterocycles. The fourth-order valence-corrected chi connectivity index (χ4v) is 1.64. The van der Waals surface area contributed by atoms with Gasteiger partial charge in [-0.2, -0.15) is 13.2 Å². The molecule has 10 heteroatoms. The zero-order chi connectivity index (χ0) is 16.3. The van der Waals surface area contributed by atoms with E-state index in [0.717, 1.165) is 0 Å². The fourth-order valence-electron chi connectivity index (χ4n) is 1.46. The number of H-pyrrole nitrogens is 1. The monoisotopic (exact) mass is 334 g/mol. The lowest BCUT2D eigenvalue weighted by molar-refractivity contribution is -0.144. The zero-order valence-electron chi connectivity index (χ0n) is 11.1. The summed E-state index contributed by atoms with van der Waals surface area (Å²) in [4.78, 5) is 13.7. The molecule has 0 radical (unpaired) electrons. The van der Waals surface area contributed by atoms with Gasteiger partial charge in [-0.15, -0.1) is 10.2 Å². The molecule has 0 aliphatic heterocycles. The van der Waals surface area contributed by atoms with Gasteiger partial charge in [0.25, 0.3) is 5.91 Å². The van der Waals surface area contributed by atoms with Crippen LogP contribution in [0.2, 0.25) is 5.02 Å². The minimum Gasteiger partial charge on any atom is -0.481 e. The predicted molar refractivity (Wildman–Crippen MR) is 71.6 cm³/mol. The first kappa shape index (κ1) is 16.1. The maximum absolute atomic E-state index is 12.3. The Labute approximate surface area is 127 Å². The molecular formula is C12H10ClF3N4O2. The second-order valence-electron chi connectivity index (χ2n) is 4.23. The second-order valence-corrected chi connectivity index (χ2v) is 4.66. The van der Waals surface area contributed by atoms with Crippen molar-refractivity contribution in [3.8, 4) is 5.75 Å². The molecule has 0 saturated carbocycles. The molecule has 1 aromatic heterocycles. The Morgan fingerprint density at radius 3 is 2.73 bits per heavy atom. The summed E-state index contributed by atoms with van der Waals surface area (Å²) in [6.07, 6.45) is -5.64. The highest BCUT2D eigenvalue weighted by Crippen LogP contribution is 2.26. The van der Waals surface area contributed by atoms with E-state index in [1.807, 2.05) is 4.98 Å². The molecule has 0 aliphatic rings. The van der Waals surface area contributed by atoms with E-state index in [2.05, 4.69) is 15.5 Å². The van der Waals surface area contributed by atoms with Crippen LogP contribution >= 0.6 is 11.6 Å². The Morgan fingerprint density at radius 1 is 1.41 bits per heavy atom. The highest BCUT2D eigenvalue weighted by atomic mass is 35.5. The highest BCUT2D eigenvalue weighted by Gasteiger charge is 2.35. The van der Waals surface area contributed by atoms with Crippen molar-refractivity contribution in [3.05, 3.63) is 35.1 Å². The van der Waals surface area contributed by atoms with E-state index in [0.29, 0.717) is 10.8 Å². The quantitative estimate of drug-likeness (QED) is 0.901. The fraction of sp³-hybridized carbons (Fsp3) is 0.250. The van der Waals surface area contributed by atoms with Crippen LogP contribution in [0.1, 0.15) is 12.7 Å². The maximum Gasteiger partial charge on any atom is 0.451 e. The van der Waals surface area contributed by atoms with Gasteiger partial charge < -0.3 is 9.72 Å². The van der Waals surface area contributed by atoms with Gasteiger partial charge >= 0.3 is 6.18 Å². The Bertz CT molecular complexity index is 674. The second kappa shape index (κ2) is 6.22. The van der Waals surface area contributed by atoms with Gasteiger partial charge in [0.15, 0.2) is 6.10 Å². The van der Waals surface area contributed by atoms with Gasteiger partial charge in [0.2, 0.25) is 11.8 Å². The van der Waals surface area contributed by atoms with Gasteiger partial charge in [0, 0.05) is 5.02 Å². The van der Waals surface area contributed by atoms with Gasteiger partial charge in [-0.25, -0.2) is 0 Å². The van der Waals surface area contributed by atoms with E-state index in [9.17, 15) is 18.0 Å². The van der Waals surface area contributed by atoms with Crippen LogP contribution in [0.15, 0.2) is 24.3 Å². The Kier molecular flexibility index (Phi) is 4.55. The van der Waals surface area contributed by atoms with Gasteiger partial charge in [-0.3, -0.25) is 10.1 Å². The number of halogens is 4. The molecule has 2 rings (SSSR count). The lowest BCUT2D eigenvalue weighted by Gasteiger charge is -2.13. The van der Waals surface area contributed by atoms with Gasteiger partial charge in [-0.05, 0) is 25.1 Å². The molecule has 0 bridgehead atoms. The molecule has 2 N–H and O–H groups in total. The van der Waals surface area contributed by atoms with E-state index in [1.165, 1.54) is 13.0 Å². The number of aromatic nitrogens is 3. The van der Waals surface area contributed by atoms with Gasteiger partial charge in [0.05, 0.1) is 0 Å². The summed E-state index contributed by atoms with van der Waals surface area (Å²) in [5.41, 5.74) is 0. The zero-order valence-corrected chi connectivity index (χ0v) is 11.9. The Hall–Kier alpha value is -2.29. The van der Waals surface area contributed by atoms with Crippen LogP contribution in [0.3, 0.4) is 0 Å². The van der Waals surface area contributed by atoms with E-state index in [-0.39, 0.29) is 0 Å². The van der Waals surface area contributed by atoms with Crippen molar-refractivity contribution in [2.75, 3.05) is 5.32 Å². The molecule has 6 nitrogen and oxygen atoms in total. The summed E-state index contributed by atoms with van der Waals surface area (Å²) >= 11 is 5.77. The number of hydrogen-bond donors (Lipinski definition) is 2. The standard InChI is InChI=1S/C12H10ClF3N4O2/c1-6(22-8-4-2-3-7(13)5-8)9(21)17-11-18-10(19-20-11)12(14,15)16/h2-6H,1H3,(H2,17,18,19,20,21). The summed E-state index contributed by atoms with van der Waals surface area (Å²) in [6, 6.07) is 6.36. The molecule has 0 spiro atoms. The van der Waals surface area contributed by atoms with Crippen LogP contribution in [0.25, 0.3) is 0 Å². The van der Waals surface area contributed by atoms with Crippen molar-refractivity contribution in [2.45, 2.75) is 19.2 Å².